The van der Waals surface area contributed by atoms with Gasteiger partial charge >= 0.3 is 6.18 Å². The second-order valence-electron chi connectivity index (χ2n) is 8.45. The highest BCUT2D eigenvalue weighted by Gasteiger charge is 2.33. The number of halogens is 3. The third-order valence-corrected chi connectivity index (χ3v) is 5.60. The number of nitrogens with one attached hydrogen (secondary N) is 3. The Hall–Kier alpha value is -3.07. The summed E-state index contributed by atoms with van der Waals surface area (Å²) in [6, 6.07) is 10.9. The van der Waals surface area contributed by atoms with Gasteiger partial charge in [0.2, 0.25) is 11.8 Å². The fourth-order valence-corrected chi connectivity index (χ4v) is 3.83. The number of hydrogen-bond acceptors (Lipinski definition) is 4. The van der Waals surface area contributed by atoms with Crippen LogP contribution in [-0.2, 0) is 22.2 Å². The normalized spacial score (nSPS) is 19.7. The first kappa shape index (κ1) is 24.6. The van der Waals surface area contributed by atoms with Gasteiger partial charge in [-0.3, -0.25) is 14.9 Å². The van der Waals surface area contributed by atoms with Crippen LogP contribution in [-0.4, -0.2) is 31.1 Å². The number of ether oxygens (including phenoxy) is 1. The van der Waals surface area contributed by atoms with E-state index in [1.807, 2.05) is 38.1 Å². The van der Waals surface area contributed by atoms with Gasteiger partial charge in [-0.05, 0) is 41.3 Å². The fraction of sp³-hybridized carbons (Fsp3) is 0.417. The molecule has 33 heavy (non-hydrogen) atoms. The highest BCUT2D eigenvalue weighted by atomic mass is 19.4. The van der Waals surface area contributed by atoms with E-state index in [1.54, 1.807) is 7.11 Å². The third-order valence-electron chi connectivity index (χ3n) is 5.60. The largest absolute Gasteiger partial charge is 0.497 e. The van der Waals surface area contributed by atoms with E-state index in [-0.39, 0.29) is 24.2 Å². The lowest BCUT2D eigenvalue weighted by molar-refractivity contribution is -0.137. The Labute approximate surface area is 190 Å². The number of amides is 2. The van der Waals surface area contributed by atoms with Crippen LogP contribution in [0.2, 0.25) is 0 Å². The Bertz CT molecular complexity index is 960. The van der Waals surface area contributed by atoms with Crippen molar-refractivity contribution < 1.29 is 27.5 Å². The Morgan fingerprint density at radius 2 is 1.76 bits per heavy atom. The van der Waals surface area contributed by atoms with Gasteiger partial charge in [-0.15, -0.1) is 0 Å². The molecule has 0 bridgehead atoms. The molecule has 1 saturated heterocycles. The summed E-state index contributed by atoms with van der Waals surface area (Å²) in [7, 11) is 1.58. The molecule has 3 atom stereocenters. The van der Waals surface area contributed by atoms with Crippen molar-refractivity contribution in [2.75, 3.05) is 7.11 Å². The molecule has 0 spiro atoms. The van der Waals surface area contributed by atoms with Gasteiger partial charge in [-0.2, -0.15) is 13.2 Å². The topological polar surface area (TPSA) is 79.5 Å². The Morgan fingerprint density at radius 1 is 1.12 bits per heavy atom. The molecule has 2 aromatic carbocycles. The van der Waals surface area contributed by atoms with E-state index < -0.39 is 30.0 Å². The number of rotatable bonds is 7. The SMILES string of the molecule is COc1ccc(CC2NC(=O)CC(C(=O)N[C@@H](c3ccc(C(F)(F)F)cc3)C(C)C)N2)cc1. The number of carbonyl (C=O) groups is 2. The van der Waals surface area contributed by atoms with E-state index in [0.717, 1.165) is 23.4 Å². The molecule has 0 saturated carbocycles. The molecule has 2 unspecified atom stereocenters. The summed E-state index contributed by atoms with van der Waals surface area (Å²) in [6.45, 7) is 3.74. The van der Waals surface area contributed by atoms with Crippen molar-refractivity contribution in [3.05, 3.63) is 65.2 Å². The second kappa shape index (κ2) is 10.2. The molecule has 3 N–H and O–H groups in total. The highest BCUT2D eigenvalue weighted by molar-refractivity contribution is 5.89. The molecule has 3 rings (SSSR count). The fourth-order valence-electron chi connectivity index (χ4n) is 3.83. The lowest BCUT2D eigenvalue weighted by Crippen LogP contribution is -2.61. The number of alkyl halides is 3. The maximum Gasteiger partial charge on any atom is 0.416 e. The van der Waals surface area contributed by atoms with Crippen molar-refractivity contribution in [2.45, 2.75) is 51.1 Å². The molecule has 2 aromatic rings. The molecule has 178 valence electrons. The molecule has 1 aliphatic heterocycles. The van der Waals surface area contributed by atoms with Crippen molar-refractivity contribution in [3.8, 4) is 5.75 Å². The van der Waals surface area contributed by atoms with Gasteiger partial charge < -0.3 is 15.4 Å². The van der Waals surface area contributed by atoms with E-state index in [0.29, 0.717) is 12.0 Å². The number of methoxy groups -OCH3 is 1. The number of hydrogen-bond donors (Lipinski definition) is 3. The summed E-state index contributed by atoms with van der Waals surface area (Å²) in [5, 5.41) is 8.90. The van der Waals surface area contributed by atoms with Crippen molar-refractivity contribution in [2.24, 2.45) is 5.92 Å². The predicted octanol–water partition coefficient (Wildman–Crippen LogP) is 3.57. The second-order valence-corrected chi connectivity index (χ2v) is 8.45. The van der Waals surface area contributed by atoms with Gasteiger partial charge in [0.25, 0.3) is 0 Å². The average Bonchev–Trinajstić information content (AvgIpc) is 2.76. The maximum absolute atomic E-state index is 13.0. The lowest BCUT2D eigenvalue weighted by Gasteiger charge is -2.33. The standard InChI is InChI=1S/C24H28F3N3O3/c1-14(2)22(16-6-8-17(9-7-16)24(25,26)27)30-23(32)19-13-21(31)29-20(28-19)12-15-4-10-18(33-3)11-5-15/h4-11,14,19-20,22,28H,12-13H2,1-3H3,(H,29,31)(H,30,32)/t19?,20?,22-/m1/s1. The molecule has 9 heteroatoms. The Balaban J connectivity index is 1.67. The average molecular weight is 464 g/mol. The molecule has 2 amide bonds. The minimum atomic E-state index is -4.42. The molecular weight excluding hydrogens is 435 g/mol. The summed E-state index contributed by atoms with van der Waals surface area (Å²) in [6.07, 6.45) is -4.40. The Morgan fingerprint density at radius 3 is 2.30 bits per heavy atom. The number of carbonyl (C=O) groups excluding carboxylic acids is 2. The summed E-state index contributed by atoms with van der Waals surface area (Å²) in [5.41, 5.74) is 0.785. The zero-order valence-corrected chi connectivity index (χ0v) is 18.7. The third kappa shape index (κ3) is 6.47. The van der Waals surface area contributed by atoms with E-state index in [1.165, 1.54) is 12.1 Å². The van der Waals surface area contributed by atoms with Crippen LogP contribution in [0.5, 0.6) is 5.75 Å². The van der Waals surface area contributed by atoms with Crippen molar-refractivity contribution in [1.82, 2.24) is 16.0 Å². The van der Waals surface area contributed by atoms with Gasteiger partial charge in [0, 0.05) is 6.42 Å². The smallest absolute Gasteiger partial charge is 0.416 e. The van der Waals surface area contributed by atoms with Crippen LogP contribution >= 0.6 is 0 Å². The summed E-state index contributed by atoms with van der Waals surface area (Å²) >= 11 is 0. The van der Waals surface area contributed by atoms with Gasteiger partial charge in [0.15, 0.2) is 0 Å². The minimum Gasteiger partial charge on any atom is -0.497 e. The molecule has 0 aromatic heterocycles. The van der Waals surface area contributed by atoms with Crippen LogP contribution in [0.25, 0.3) is 0 Å². The molecule has 6 nitrogen and oxygen atoms in total. The minimum absolute atomic E-state index is 0.0250. The van der Waals surface area contributed by atoms with E-state index in [9.17, 15) is 22.8 Å². The van der Waals surface area contributed by atoms with E-state index in [2.05, 4.69) is 16.0 Å². The van der Waals surface area contributed by atoms with Crippen LogP contribution in [0, 0.1) is 5.92 Å². The zero-order valence-electron chi connectivity index (χ0n) is 18.7. The van der Waals surface area contributed by atoms with Crippen LogP contribution in [0.3, 0.4) is 0 Å². The van der Waals surface area contributed by atoms with E-state index in [4.69, 9.17) is 4.74 Å². The van der Waals surface area contributed by atoms with Gasteiger partial charge in [-0.25, -0.2) is 0 Å². The Kier molecular flexibility index (Phi) is 7.63. The summed E-state index contributed by atoms with van der Waals surface area (Å²) in [5.74, 6) is 0.0315. The first-order valence-electron chi connectivity index (χ1n) is 10.7. The lowest BCUT2D eigenvalue weighted by atomic mass is 9.94. The van der Waals surface area contributed by atoms with Crippen molar-refractivity contribution in [1.29, 1.82) is 0 Å². The molecule has 1 aliphatic rings. The van der Waals surface area contributed by atoms with Gasteiger partial charge in [0.1, 0.15) is 5.75 Å². The van der Waals surface area contributed by atoms with Crippen LogP contribution in [0.1, 0.15) is 43.0 Å². The first-order chi connectivity index (χ1) is 15.6. The summed E-state index contributed by atoms with van der Waals surface area (Å²) < 4.78 is 43.8. The molecule has 1 heterocycles. The summed E-state index contributed by atoms with van der Waals surface area (Å²) in [4.78, 5) is 25.2. The maximum atomic E-state index is 13.0. The monoisotopic (exact) mass is 463 g/mol. The molecule has 0 radical (unpaired) electrons. The molecule has 1 fully saturated rings. The first-order valence-corrected chi connectivity index (χ1v) is 10.7. The van der Waals surface area contributed by atoms with Crippen LogP contribution in [0.4, 0.5) is 13.2 Å². The molecular formula is C24H28F3N3O3. The van der Waals surface area contributed by atoms with Crippen LogP contribution < -0.4 is 20.7 Å². The molecule has 0 aliphatic carbocycles. The number of benzene rings is 2. The van der Waals surface area contributed by atoms with E-state index >= 15 is 0 Å². The van der Waals surface area contributed by atoms with Crippen molar-refractivity contribution in [3.63, 3.8) is 0 Å². The van der Waals surface area contributed by atoms with Crippen molar-refractivity contribution >= 4 is 11.8 Å². The van der Waals surface area contributed by atoms with Gasteiger partial charge in [0.05, 0.1) is 37.3 Å². The quantitative estimate of drug-likeness (QED) is 0.587. The zero-order chi connectivity index (χ0) is 24.2. The highest BCUT2D eigenvalue weighted by Crippen LogP contribution is 2.31. The van der Waals surface area contributed by atoms with Crippen LogP contribution in [0.15, 0.2) is 48.5 Å². The predicted molar refractivity (Wildman–Crippen MR) is 117 cm³/mol. The van der Waals surface area contributed by atoms with Gasteiger partial charge in [-0.1, -0.05) is 38.1 Å².